The van der Waals surface area contributed by atoms with Crippen LogP contribution in [0.1, 0.15) is 32.1 Å². The van der Waals surface area contributed by atoms with Crippen LogP contribution in [0.25, 0.3) is 33.7 Å². The molecule has 1 aliphatic carbocycles. The van der Waals surface area contributed by atoms with Crippen LogP contribution in [0.2, 0.25) is 0 Å². The van der Waals surface area contributed by atoms with Crippen molar-refractivity contribution < 1.29 is 28.3 Å². The van der Waals surface area contributed by atoms with Gasteiger partial charge < -0.3 is 29.2 Å². The topological polar surface area (TPSA) is 132 Å². The molecule has 1 saturated carbocycles. The molecule has 1 aliphatic rings. The average molecular weight is 581 g/mol. The third-order valence-electron chi connectivity index (χ3n) is 7.35. The van der Waals surface area contributed by atoms with Crippen molar-refractivity contribution in [3.8, 4) is 45.8 Å². The van der Waals surface area contributed by atoms with Gasteiger partial charge in [0, 0.05) is 35.2 Å². The highest BCUT2D eigenvalue weighted by molar-refractivity contribution is 5.88. The van der Waals surface area contributed by atoms with Crippen molar-refractivity contribution in [2.75, 3.05) is 13.7 Å². The van der Waals surface area contributed by atoms with Gasteiger partial charge >= 0.3 is 5.97 Å². The largest absolute Gasteiger partial charge is 0.493 e. The molecule has 6 rings (SSSR count). The Morgan fingerprint density at radius 3 is 2.53 bits per heavy atom. The number of hydrogen-bond donors (Lipinski definition) is 1. The molecule has 2 N–H and O–H groups in total. The number of pyridine rings is 1. The van der Waals surface area contributed by atoms with Crippen molar-refractivity contribution in [1.82, 2.24) is 15.1 Å². The van der Waals surface area contributed by atoms with Crippen molar-refractivity contribution in [3.63, 3.8) is 0 Å². The number of esters is 1. The molecule has 10 heteroatoms. The van der Waals surface area contributed by atoms with Crippen LogP contribution in [0.3, 0.4) is 0 Å². The Morgan fingerprint density at radius 2 is 1.77 bits per heavy atom. The molecule has 220 valence electrons. The van der Waals surface area contributed by atoms with Crippen LogP contribution < -0.4 is 19.9 Å². The molecule has 0 radical (unpaired) electrons. The highest BCUT2D eigenvalue weighted by Crippen LogP contribution is 2.37. The number of carbonyl (C=O) groups excluding carboxylic acids is 1. The molecule has 0 aliphatic heterocycles. The molecule has 1 unspecified atom stereocenters. The van der Waals surface area contributed by atoms with E-state index in [1.54, 1.807) is 25.4 Å². The minimum Gasteiger partial charge on any atom is -0.493 e. The van der Waals surface area contributed by atoms with Gasteiger partial charge in [0.2, 0.25) is 5.82 Å². The lowest BCUT2D eigenvalue weighted by Gasteiger charge is -2.17. The molecule has 0 amide bonds. The number of methoxy groups -OCH3 is 1. The van der Waals surface area contributed by atoms with Crippen LogP contribution in [-0.2, 0) is 9.53 Å². The van der Waals surface area contributed by atoms with Crippen molar-refractivity contribution in [2.45, 2.75) is 44.2 Å². The lowest BCUT2D eigenvalue weighted by Crippen LogP contribution is -2.35. The highest BCUT2D eigenvalue weighted by Gasteiger charge is 2.23. The summed E-state index contributed by atoms with van der Waals surface area (Å²) in [6.45, 7) is 0.221. The Bertz CT molecular complexity index is 1680. The summed E-state index contributed by atoms with van der Waals surface area (Å²) in [6.07, 6.45) is 5.95. The van der Waals surface area contributed by atoms with E-state index >= 15 is 0 Å². The van der Waals surface area contributed by atoms with Gasteiger partial charge in [-0.25, -0.2) is 0 Å². The summed E-state index contributed by atoms with van der Waals surface area (Å²) in [5.41, 5.74) is 8.37. The normalized spacial score (nSPS) is 14.0. The third kappa shape index (κ3) is 6.60. The molecule has 2 heterocycles. The zero-order valence-electron chi connectivity index (χ0n) is 23.8. The van der Waals surface area contributed by atoms with Crippen LogP contribution in [0.5, 0.6) is 23.0 Å². The van der Waals surface area contributed by atoms with E-state index in [1.807, 2.05) is 60.7 Å². The number of benzene rings is 3. The Balaban J connectivity index is 1.12. The van der Waals surface area contributed by atoms with Crippen molar-refractivity contribution >= 4 is 16.9 Å². The fourth-order valence-corrected chi connectivity index (χ4v) is 5.00. The number of aromatic nitrogens is 3. The number of carbonyl (C=O) groups is 1. The first kappa shape index (κ1) is 28.2. The van der Waals surface area contributed by atoms with Crippen LogP contribution in [0, 0.1) is 0 Å². The quantitative estimate of drug-likeness (QED) is 0.177. The molecule has 0 bridgehead atoms. The first-order chi connectivity index (χ1) is 21.1. The molecule has 1 atom stereocenters. The predicted molar refractivity (Wildman–Crippen MR) is 160 cm³/mol. The third-order valence-corrected chi connectivity index (χ3v) is 7.35. The van der Waals surface area contributed by atoms with Crippen LogP contribution in [0.4, 0.5) is 0 Å². The van der Waals surface area contributed by atoms with Gasteiger partial charge in [0.1, 0.15) is 23.6 Å². The number of ether oxygens (including phenoxy) is 4. The summed E-state index contributed by atoms with van der Waals surface area (Å²) in [5, 5.41) is 4.86. The summed E-state index contributed by atoms with van der Waals surface area (Å²) < 4.78 is 28.7. The summed E-state index contributed by atoms with van der Waals surface area (Å²) in [4.78, 5) is 21.3. The van der Waals surface area contributed by atoms with Gasteiger partial charge in [-0.3, -0.25) is 9.78 Å². The fourth-order valence-electron chi connectivity index (χ4n) is 5.00. The number of rotatable bonds is 11. The van der Waals surface area contributed by atoms with Gasteiger partial charge in [0.25, 0.3) is 5.89 Å². The van der Waals surface area contributed by atoms with Crippen molar-refractivity contribution in [1.29, 1.82) is 0 Å². The standard InChI is InChI=1S/C33H32N4O6/c1-39-29-19-25-27(20-30(29)40-18-16-26(34)33(38)42-23-9-5-6-10-23)35-17-15-28(25)41-24-13-11-21(12-14-24)31-36-32(43-37-31)22-7-3-2-4-8-22/h2-4,7-8,11-15,17,19-20,23,26H,5-6,9-10,16,18,34H2,1H3. The number of fused-ring (bicyclic) bond motifs is 1. The van der Waals surface area contributed by atoms with Gasteiger partial charge in [-0.2, -0.15) is 4.98 Å². The monoisotopic (exact) mass is 580 g/mol. The molecule has 0 saturated heterocycles. The molecule has 43 heavy (non-hydrogen) atoms. The first-order valence-corrected chi connectivity index (χ1v) is 14.3. The Kier molecular flexibility index (Phi) is 8.46. The molecule has 1 fully saturated rings. The number of hydrogen-bond acceptors (Lipinski definition) is 10. The van der Waals surface area contributed by atoms with Crippen LogP contribution in [0.15, 0.2) is 83.5 Å². The van der Waals surface area contributed by atoms with Crippen molar-refractivity contribution in [3.05, 3.63) is 79.0 Å². The lowest BCUT2D eigenvalue weighted by atomic mass is 10.1. The summed E-state index contributed by atoms with van der Waals surface area (Å²) in [7, 11) is 1.56. The van der Waals surface area contributed by atoms with Crippen LogP contribution >= 0.6 is 0 Å². The molecule has 0 spiro atoms. The molecular weight excluding hydrogens is 548 g/mol. The lowest BCUT2D eigenvalue weighted by molar-refractivity contribution is -0.150. The van der Waals surface area contributed by atoms with Gasteiger partial charge in [-0.1, -0.05) is 23.4 Å². The Hall–Kier alpha value is -4.96. The van der Waals surface area contributed by atoms with E-state index < -0.39 is 6.04 Å². The predicted octanol–water partition coefficient (Wildman–Crippen LogP) is 6.33. The smallest absolute Gasteiger partial charge is 0.323 e. The Morgan fingerprint density at radius 1 is 0.977 bits per heavy atom. The average Bonchev–Trinajstić information content (AvgIpc) is 3.75. The highest BCUT2D eigenvalue weighted by atomic mass is 16.5. The molecule has 10 nitrogen and oxygen atoms in total. The van der Waals surface area contributed by atoms with Gasteiger partial charge in [0.15, 0.2) is 11.5 Å². The maximum Gasteiger partial charge on any atom is 0.323 e. The second kappa shape index (κ2) is 12.9. The zero-order chi connectivity index (χ0) is 29.6. The molecule has 3 aromatic carbocycles. The molecule has 2 aromatic heterocycles. The zero-order valence-corrected chi connectivity index (χ0v) is 23.8. The fraction of sp³-hybridized carbons (Fsp3) is 0.273. The number of nitrogens with two attached hydrogens (primary N) is 1. The first-order valence-electron chi connectivity index (χ1n) is 14.3. The maximum atomic E-state index is 12.3. The van der Waals surface area contributed by atoms with Crippen molar-refractivity contribution in [2.24, 2.45) is 5.73 Å². The molecular formula is C33H32N4O6. The summed E-state index contributed by atoms with van der Waals surface area (Å²) in [6, 6.07) is 21.7. The second-order valence-corrected chi connectivity index (χ2v) is 10.3. The van der Waals surface area contributed by atoms with Crippen LogP contribution in [-0.4, -0.2) is 47.0 Å². The van der Waals surface area contributed by atoms with E-state index in [4.69, 9.17) is 29.2 Å². The minimum absolute atomic E-state index is 0.0147. The van der Waals surface area contributed by atoms with E-state index in [0.717, 1.165) is 42.2 Å². The van der Waals surface area contributed by atoms with E-state index in [2.05, 4.69) is 15.1 Å². The maximum absolute atomic E-state index is 12.3. The van der Waals surface area contributed by atoms with E-state index in [-0.39, 0.29) is 18.7 Å². The Labute approximate surface area is 248 Å². The van der Waals surface area contributed by atoms with E-state index in [9.17, 15) is 4.79 Å². The van der Waals surface area contributed by atoms with E-state index in [1.165, 1.54) is 0 Å². The molecule has 5 aromatic rings. The van der Waals surface area contributed by atoms with Gasteiger partial charge in [-0.05, 0) is 74.2 Å². The number of nitrogens with zero attached hydrogens (tertiary/aromatic N) is 3. The van der Waals surface area contributed by atoms with Gasteiger partial charge in [0.05, 0.1) is 19.2 Å². The summed E-state index contributed by atoms with van der Waals surface area (Å²) >= 11 is 0. The van der Waals surface area contributed by atoms with Gasteiger partial charge in [-0.15, -0.1) is 0 Å². The van der Waals surface area contributed by atoms with E-state index in [0.29, 0.717) is 46.7 Å². The summed E-state index contributed by atoms with van der Waals surface area (Å²) in [5.74, 6) is 2.80. The SMILES string of the molecule is COc1cc2c(Oc3ccc(-c4noc(-c5ccccc5)n4)cc3)ccnc2cc1OCCC(N)C(=O)OC1CCCC1. The second-order valence-electron chi connectivity index (χ2n) is 10.3. The minimum atomic E-state index is -0.748.